The van der Waals surface area contributed by atoms with Crippen LogP contribution in [0.3, 0.4) is 0 Å². The summed E-state index contributed by atoms with van der Waals surface area (Å²) in [6.45, 7) is 11.2. The normalized spacial score (nSPS) is 14.9. The molecule has 0 radical (unpaired) electrons. The smallest absolute Gasteiger partial charge is 0.323 e. The van der Waals surface area contributed by atoms with Crippen molar-refractivity contribution in [3.05, 3.63) is 16.1 Å². The predicted molar refractivity (Wildman–Crippen MR) is 82.9 cm³/mol. The second-order valence-corrected chi connectivity index (χ2v) is 7.02. The van der Waals surface area contributed by atoms with Gasteiger partial charge in [0.2, 0.25) is 0 Å². The summed E-state index contributed by atoms with van der Waals surface area (Å²) < 4.78 is 4.86. The highest BCUT2D eigenvalue weighted by Gasteiger charge is 2.25. The fourth-order valence-corrected chi connectivity index (χ4v) is 2.73. The Morgan fingerprint density at radius 2 is 2.15 bits per heavy atom. The number of hydrogen-bond donors (Lipinski definition) is 1. The number of esters is 1. The van der Waals surface area contributed by atoms with E-state index in [-0.39, 0.29) is 23.3 Å². The summed E-state index contributed by atoms with van der Waals surface area (Å²) in [6.07, 6.45) is 0.928. The quantitative estimate of drug-likeness (QED) is 0.820. The number of thiazole rings is 1. The molecule has 114 valence electrons. The van der Waals surface area contributed by atoms with E-state index in [0.29, 0.717) is 6.54 Å². The molecule has 0 aliphatic heterocycles. The molecular weight excluding hydrogens is 272 g/mol. The molecule has 0 aromatic carbocycles. The largest absolute Gasteiger partial charge is 0.468 e. The number of ether oxygens (including phenoxy) is 1. The lowest BCUT2D eigenvalue weighted by atomic mass is 9.98. The van der Waals surface area contributed by atoms with Crippen LogP contribution in [-0.4, -0.2) is 24.1 Å². The van der Waals surface area contributed by atoms with Crippen molar-refractivity contribution < 1.29 is 9.53 Å². The lowest BCUT2D eigenvalue weighted by molar-refractivity contribution is -0.144. The Kier molecular flexibility index (Phi) is 6.14. The first-order chi connectivity index (χ1) is 9.29. The van der Waals surface area contributed by atoms with E-state index in [2.05, 4.69) is 50.3 Å². The molecule has 20 heavy (non-hydrogen) atoms. The van der Waals surface area contributed by atoms with Gasteiger partial charge in [-0.25, -0.2) is 4.98 Å². The van der Waals surface area contributed by atoms with E-state index in [1.165, 1.54) is 7.11 Å². The van der Waals surface area contributed by atoms with Crippen molar-refractivity contribution in [1.82, 2.24) is 10.3 Å². The molecule has 0 spiro atoms. The number of carbonyl (C=O) groups is 1. The molecule has 2 unspecified atom stereocenters. The van der Waals surface area contributed by atoms with E-state index in [4.69, 9.17) is 4.74 Å². The van der Waals surface area contributed by atoms with Crippen LogP contribution < -0.4 is 5.32 Å². The Bertz CT molecular complexity index is 437. The van der Waals surface area contributed by atoms with Gasteiger partial charge in [0.1, 0.15) is 6.04 Å². The van der Waals surface area contributed by atoms with Crippen molar-refractivity contribution >= 4 is 17.3 Å². The topological polar surface area (TPSA) is 51.2 Å². The van der Waals surface area contributed by atoms with E-state index >= 15 is 0 Å². The number of nitrogens with one attached hydrogen (secondary N) is 1. The van der Waals surface area contributed by atoms with Gasteiger partial charge in [0.15, 0.2) is 0 Å². The summed E-state index contributed by atoms with van der Waals surface area (Å²) in [6, 6.07) is -0.273. The van der Waals surface area contributed by atoms with Crippen LogP contribution in [0, 0.1) is 5.92 Å². The molecule has 1 heterocycles. The Balaban J connectivity index is 2.68. The Hall–Kier alpha value is -0.940. The number of rotatable bonds is 6. The highest BCUT2D eigenvalue weighted by molar-refractivity contribution is 7.09. The predicted octanol–water partition coefficient (Wildman–Crippen LogP) is 3.12. The van der Waals surface area contributed by atoms with Crippen LogP contribution in [0.4, 0.5) is 0 Å². The zero-order valence-electron chi connectivity index (χ0n) is 13.3. The SMILES string of the molecule is CCC(C)C(NCc1csc(C(C)(C)C)n1)C(=O)OC. The molecule has 1 N–H and O–H groups in total. The molecule has 4 nitrogen and oxygen atoms in total. The van der Waals surface area contributed by atoms with Gasteiger partial charge in [0.25, 0.3) is 0 Å². The van der Waals surface area contributed by atoms with Crippen molar-refractivity contribution in [2.24, 2.45) is 5.92 Å². The van der Waals surface area contributed by atoms with Crippen LogP contribution in [-0.2, 0) is 21.5 Å². The van der Waals surface area contributed by atoms with E-state index in [0.717, 1.165) is 17.1 Å². The number of hydrogen-bond acceptors (Lipinski definition) is 5. The first-order valence-electron chi connectivity index (χ1n) is 7.05. The van der Waals surface area contributed by atoms with Crippen molar-refractivity contribution in [2.75, 3.05) is 7.11 Å². The van der Waals surface area contributed by atoms with Gasteiger partial charge in [0.05, 0.1) is 17.8 Å². The summed E-state index contributed by atoms with van der Waals surface area (Å²) >= 11 is 1.67. The lowest BCUT2D eigenvalue weighted by Crippen LogP contribution is -2.42. The summed E-state index contributed by atoms with van der Waals surface area (Å²) in [4.78, 5) is 16.4. The van der Waals surface area contributed by atoms with Crippen molar-refractivity contribution in [2.45, 2.75) is 59.0 Å². The van der Waals surface area contributed by atoms with E-state index in [1.54, 1.807) is 11.3 Å². The van der Waals surface area contributed by atoms with Gasteiger partial charge in [0, 0.05) is 17.3 Å². The van der Waals surface area contributed by atoms with E-state index < -0.39 is 0 Å². The third-order valence-electron chi connectivity index (χ3n) is 3.36. The fourth-order valence-electron chi connectivity index (χ4n) is 1.83. The molecule has 0 aliphatic rings. The average molecular weight is 298 g/mol. The first kappa shape index (κ1) is 17.1. The van der Waals surface area contributed by atoms with Gasteiger partial charge >= 0.3 is 5.97 Å². The van der Waals surface area contributed by atoms with Crippen molar-refractivity contribution in [1.29, 1.82) is 0 Å². The summed E-state index contributed by atoms with van der Waals surface area (Å²) in [7, 11) is 1.43. The summed E-state index contributed by atoms with van der Waals surface area (Å²) in [5.41, 5.74) is 1.05. The number of nitrogens with zero attached hydrogens (tertiary/aromatic N) is 1. The maximum absolute atomic E-state index is 11.8. The molecule has 0 bridgehead atoms. The van der Waals surface area contributed by atoms with Crippen LogP contribution in [0.15, 0.2) is 5.38 Å². The molecule has 5 heteroatoms. The first-order valence-corrected chi connectivity index (χ1v) is 7.93. The minimum Gasteiger partial charge on any atom is -0.468 e. The molecule has 0 amide bonds. The maximum Gasteiger partial charge on any atom is 0.323 e. The molecule has 2 atom stereocenters. The summed E-state index contributed by atoms with van der Waals surface area (Å²) in [5, 5.41) is 6.44. The van der Waals surface area contributed by atoms with Crippen LogP contribution in [0.1, 0.15) is 51.7 Å². The van der Waals surface area contributed by atoms with Crippen LogP contribution in [0.2, 0.25) is 0 Å². The Morgan fingerprint density at radius 3 is 2.60 bits per heavy atom. The highest BCUT2D eigenvalue weighted by atomic mass is 32.1. The molecule has 0 aliphatic carbocycles. The Morgan fingerprint density at radius 1 is 1.50 bits per heavy atom. The van der Waals surface area contributed by atoms with Gasteiger partial charge in [-0.05, 0) is 5.92 Å². The zero-order valence-corrected chi connectivity index (χ0v) is 14.1. The minimum absolute atomic E-state index is 0.0708. The lowest BCUT2D eigenvalue weighted by Gasteiger charge is -2.21. The maximum atomic E-state index is 11.8. The fraction of sp³-hybridized carbons (Fsp3) is 0.733. The van der Waals surface area contributed by atoms with Crippen LogP contribution >= 0.6 is 11.3 Å². The zero-order chi connectivity index (χ0) is 15.3. The van der Waals surface area contributed by atoms with Gasteiger partial charge in [-0.3, -0.25) is 10.1 Å². The third kappa shape index (κ3) is 4.56. The van der Waals surface area contributed by atoms with Gasteiger partial charge in [-0.1, -0.05) is 41.0 Å². The van der Waals surface area contributed by atoms with Crippen LogP contribution in [0.5, 0.6) is 0 Å². The second kappa shape index (κ2) is 7.18. The molecular formula is C15H26N2O2S. The second-order valence-electron chi connectivity index (χ2n) is 6.16. The van der Waals surface area contributed by atoms with Gasteiger partial charge in [-0.15, -0.1) is 11.3 Å². The van der Waals surface area contributed by atoms with E-state index in [1.807, 2.05) is 0 Å². The molecule has 0 fully saturated rings. The average Bonchev–Trinajstić information content (AvgIpc) is 2.86. The molecule has 0 saturated carbocycles. The van der Waals surface area contributed by atoms with Crippen molar-refractivity contribution in [3.63, 3.8) is 0 Å². The van der Waals surface area contributed by atoms with Crippen LogP contribution in [0.25, 0.3) is 0 Å². The number of methoxy groups -OCH3 is 1. The monoisotopic (exact) mass is 298 g/mol. The molecule has 1 aromatic rings. The number of carbonyl (C=O) groups excluding carboxylic acids is 1. The van der Waals surface area contributed by atoms with Gasteiger partial charge < -0.3 is 4.74 Å². The standard InChI is InChI=1S/C15H26N2O2S/c1-7-10(2)12(13(18)19-6)16-8-11-9-20-14(17-11)15(3,4)5/h9-10,12,16H,7-8H2,1-6H3. The molecule has 1 aromatic heterocycles. The molecule has 0 saturated heterocycles. The third-order valence-corrected chi connectivity index (χ3v) is 4.68. The summed E-state index contributed by atoms with van der Waals surface area (Å²) in [5.74, 6) is 0.0359. The minimum atomic E-state index is -0.273. The Labute approximate surface area is 125 Å². The highest BCUT2D eigenvalue weighted by Crippen LogP contribution is 2.25. The number of aromatic nitrogens is 1. The van der Waals surface area contributed by atoms with Crippen molar-refractivity contribution in [3.8, 4) is 0 Å². The van der Waals surface area contributed by atoms with E-state index in [9.17, 15) is 4.79 Å². The molecule has 1 rings (SSSR count). The van der Waals surface area contributed by atoms with Gasteiger partial charge in [-0.2, -0.15) is 0 Å².